The van der Waals surface area contributed by atoms with Gasteiger partial charge in [-0.1, -0.05) is 60.1 Å². The first-order chi connectivity index (χ1) is 33.5. The van der Waals surface area contributed by atoms with Gasteiger partial charge in [-0.25, -0.2) is 4.79 Å². The second-order valence-electron chi connectivity index (χ2n) is 24.6. The van der Waals surface area contributed by atoms with Crippen molar-refractivity contribution in [2.75, 3.05) is 13.2 Å². The third kappa shape index (κ3) is 9.08. The monoisotopic (exact) mass is 1030 g/mol. The van der Waals surface area contributed by atoms with E-state index in [9.17, 15) is 65.4 Å². The van der Waals surface area contributed by atoms with Crippen LogP contribution in [0.2, 0.25) is 0 Å². The number of esters is 1. The molecule has 3 saturated heterocycles. The number of aliphatic hydroxyl groups excluding tert-OH is 9. The van der Waals surface area contributed by atoms with Crippen molar-refractivity contribution in [3.63, 3.8) is 0 Å². The van der Waals surface area contributed by atoms with Crippen LogP contribution in [0.15, 0.2) is 11.6 Å². The summed E-state index contributed by atoms with van der Waals surface area (Å²) in [7, 11) is 0. The fourth-order valence-electron chi connectivity index (χ4n) is 15.6. The van der Waals surface area contributed by atoms with Crippen LogP contribution < -0.4 is 0 Å². The number of carbonyl (C=O) groups excluding carboxylic acids is 1. The Kier molecular flexibility index (Phi) is 15.4. The van der Waals surface area contributed by atoms with Gasteiger partial charge in [0, 0.05) is 10.8 Å². The van der Waals surface area contributed by atoms with E-state index in [4.69, 9.17) is 38.3 Å². The Morgan fingerprint density at radius 3 is 1.92 bits per heavy atom. The maximum Gasteiger partial charge on any atom is 0.335 e. The number of rotatable bonds is 12. The molecule has 8 aliphatic rings. The molecule has 7 fully saturated rings. The zero-order valence-electron chi connectivity index (χ0n) is 42.6. The number of carboxylic acid groups (broad SMARTS) is 2. The molecule has 0 radical (unpaired) electrons. The fraction of sp³-hybridized carbons (Fsp3) is 0.902. The third-order valence-corrected chi connectivity index (χ3v) is 20.0. The van der Waals surface area contributed by atoms with Crippen LogP contribution in [0.3, 0.4) is 0 Å². The van der Waals surface area contributed by atoms with Crippen molar-refractivity contribution in [2.24, 2.45) is 50.2 Å². The van der Waals surface area contributed by atoms with Gasteiger partial charge in [-0.2, -0.15) is 0 Å². The summed E-state index contributed by atoms with van der Waals surface area (Å²) in [6.07, 6.45) is -20.6. The summed E-state index contributed by atoms with van der Waals surface area (Å²) in [4.78, 5) is 35.8. The highest BCUT2D eigenvalue weighted by molar-refractivity contribution is 5.90. The van der Waals surface area contributed by atoms with Gasteiger partial charge in [-0.3, -0.25) is 9.59 Å². The molecule has 25 atom stereocenters. The van der Waals surface area contributed by atoms with E-state index in [1.54, 1.807) is 0 Å². The van der Waals surface area contributed by atoms with Gasteiger partial charge in [0.25, 0.3) is 0 Å². The maximum absolute atomic E-state index is 12.5. The number of ether oxygens (including phenoxy) is 7. The van der Waals surface area contributed by atoms with Crippen molar-refractivity contribution in [3.05, 3.63) is 11.6 Å². The molecule has 0 bridgehead atoms. The van der Waals surface area contributed by atoms with E-state index in [0.29, 0.717) is 12.8 Å². The van der Waals surface area contributed by atoms with Crippen molar-refractivity contribution in [2.45, 2.75) is 224 Å². The molecule has 0 aromatic carbocycles. The van der Waals surface area contributed by atoms with Crippen molar-refractivity contribution >= 4 is 17.9 Å². The van der Waals surface area contributed by atoms with E-state index in [1.165, 1.54) is 12.5 Å². The van der Waals surface area contributed by atoms with Gasteiger partial charge in [-0.15, -0.1) is 0 Å². The number of carboxylic acids is 2. The Morgan fingerprint density at radius 2 is 1.29 bits per heavy atom. The van der Waals surface area contributed by atoms with Gasteiger partial charge in [0.15, 0.2) is 31.1 Å². The predicted octanol–water partition coefficient (Wildman–Crippen LogP) is 0.730. The highest BCUT2D eigenvalue weighted by Crippen LogP contribution is 2.76. The van der Waals surface area contributed by atoms with Crippen molar-refractivity contribution in [1.29, 1.82) is 0 Å². The fourth-order valence-corrected chi connectivity index (χ4v) is 15.6. The number of fused-ring (bicyclic) bond motifs is 7. The molecule has 4 saturated carbocycles. The SMILES string of the molecule is C[C@@H]1O[C@@H](O[C@H]2[C@H](O[C@H]3[C@H](O[C@H]4CC[C@@]5(C)C(CC[C@]6(C)C5CC=C5[C@@H]7CC(C)(C)C[C@@H](O)[C@]7(C)CC[C@]56C)[C@@]4(C)CO)O[C@H](C(=O)O)[C@@H](O)[C@@H]3O)O[C@H](CO)[C@H](O)[C@@H]2O)[C@H](O)[C@H](O)[C@H]1OC(=O)CC(=O)O. The average molecular weight is 1030 g/mol. The zero-order valence-corrected chi connectivity index (χ0v) is 42.6. The quantitative estimate of drug-likeness (QED) is 0.0555. The Balaban J connectivity index is 1.05. The Bertz CT molecular complexity index is 2050. The van der Waals surface area contributed by atoms with Crippen LogP contribution in [-0.2, 0) is 47.5 Å². The number of allylic oxidation sites excluding steroid dienone is 2. The zero-order chi connectivity index (χ0) is 53.0. The molecule has 11 N–H and O–H groups in total. The second kappa shape index (κ2) is 19.8. The van der Waals surface area contributed by atoms with Gasteiger partial charge >= 0.3 is 17.9 Å². The van der Waals surface area contributed by atoms with Crippen molar-refractivity contribution < 1.29 is 104 Å². The van der Waals surface area contributed by atoms with Gasteiger partial charge in [0.1, 0.15) is 61.4 Å². The lowest BCUT2D eigenvalue weighted by Gasteiger charge is -2.72. The minimum Gasteiger partial charge on any atom is -0.481 e. The number of aliphatic carboxylic acids is 2. The van der Waals surface area contributed by atoms with E-state index >= 15 is 0 Å². The van der Waals surface area contributed by atoms with Crippen LogP contribution in [0.1, 0.15) is 120 Å². The average Bonchev–Trinajstić information content (AvgIpc) is 3.30. The standard InChI is InChI=1S/C51H80O21/c1-22-38(69-31(57)17-30(55)56)36(62)37(63)43(66-22)71-40-33(59)32(58)25(20-52)67-44(40)72-41-35(61)34(60)39(42(64)65)70-45(41)68-29-12-13-48(5)26(49(29,6)21-53)11-14-51(8)27(48)10-9-23-24-18-46(2,3)19-28(54)47(24,4)15-16-50(23,51)7/h9,22,24-29,32-41,43-45,52-54,58-63H,10-21H2,1-8H3,(H,55,56)(H,64,65)/t22-,24-,25+,26?,27?,28+,29-,32-,33-,34-,35-,36-,37+,38-,39-,40+,41+,43-,44-,45+,47+,48-,49+,50+,51+/m0/s1. The van der Waals surface area contributed by atoms with E-state index < -0.39 is 135 Å². The van der Waals surface area contributed by atoms with Crippen LogP contribution in [0.5, 0.6) is 0 Å². The minimum absolute atomic E-state index is 0.00406. The first-order valence-electron chi connectivity index (χ1n) is 25.8. The molecular formula is C51H80O21. The normalized spacial score (nSPS) is 52.1. The molecule has 72 heavy (non-hydrogen) atoms. The Labute approximate surface area is 419 Å². The predicted molar refractivity (Wildman–Crippen MR) is 247 cm³/mol. The van der Waals surface area contributed by atoms with E-state index in [0.717, 1.165) is 44.9 Å². The summed E-state index contributed by atoms with van der Waals surface area (Å²) in [5.41, 5.74) is -0.262. The molecule has 5 aliphatic carbocycles. The number of hydrogen-bond acceptors (Lipinski definition) is 19. The molecule has 21 nitrogen and oxygen atoms in total. The summed E-state index contributed by atoms with van der Waals surface area (Å²) in [6, 6.07) is 0. The second-order valence-corrected chi connectivity index (χ2v) is 24.6. The van der Waals surface area contributed by atoms with Crippen LogP contribution in [0, 0.1) is 50.2 Å². The first kappa shape index (κ1) is 55.8. The van der Waals surface area contributed by atoms with Crippen LogP contribution in [-0.4, -0.2) is 192 Å². The summed E-state index contributed by atoms with van der Waals surface area (Å²) < 4.78 is 41.5. The Morgan fingerprint density at radius 1 is 0.667 bits per heavy atom. The number of carbonyl (C=O) groups is 3. The Hall–Kier alpha value is -2.45. The lowest BCUT2D eigenvalue weighted by atomic mass is 9.33. The molecule has 3 aliphatic heterocycles. The van der Waals surface area contributed by atoms with Gasteiger partial charge in [0.2, 0.25) is 0 Å². The van der Waals surface area contributed by atoms with Crippen LogP contribution in [0.25, 0.3) is 0 Å². The molecule has 8 rings (SSSR count). The van der Waals surface area contributed by atoms with Crippen LogP contribution in [0.4, 0.5) is 0 Å². The molecule has 2 unspecified atom stereocenters. The summed E-state index contributed by atoms with van der Waals surface area (Å²) in [6.45, 7) is 16.0. The van der Waals surface area contributed by atoms with E-state index in [2.05, 4.69) is 47.6 Å². The van der Waals surface area contributed by atoms with Gasteiger partial charge < -0.3 is 89.3 Å². The first-order valence-corrected chi connectivity index (χ1v) is 25.8. The molecule has 0 aromatic heterocycles. The number of aliphatic hydroxyl groups is 9. The molecule has 0 spiro atoms. The lowest BCUT2D eigenvalue weighted by Crippen LogP contribution is -2.68. The van der Waals surface area contributed by atoms with Crippen LogP contribution >= 0.6 is 0 Å². The minimum atomic E-state index is -2.12. The molecule has 410 valence electrons. The summed E-state index contributed by atoms with van der Waals surface area (Å²) in [5, 5.41) is 120. The summed E-state index contributed by atoms with van der Waals surface area (Å²) in [5.74, 6) is -4.03. The molecule has 21 heteroatoms. The highest BCUT2D eigenvalue weighted by atomic mass is 16.8. The smallest absolute Gasteiger partial charge is 0.335 e. The highest BCUT2D eigenvalue weighted by Gasteiger charge is 2.70. The third-order valence-electron chi connectivity index (χ3n) is 20.0. The van der Waals surface area contributed by atoms with Crippen molar-refractivity contribution in [1.82, 2.24) is 0 Å². The molecular weight excluding hydrogens is 949 g/mol. The van der Waals surface area contributed by atoms with E-state index in [-0.39, 0.29) is 57.5 Å². The van der Waals surface area contributed by atoms with Crippen molar-refractivity contribution in [3.8, 4) is 0 Å². The topological polar surface area (TPSA) is 338 Å². The van der Waals surface area contributed by atoms with Gasteiger partial charge in [-0.05, 0) is 104 Å². The molecule has 0 amide bonds. The number of hydrogen-bond donors (Lipinski definition) is 11. The van der Waals surface area contributed by atoms with Gasteiger partial charge in [0.05, 0.1) is 31.5 Å². The largest absolute Gasteiger partial charge is 0.481 e. The van der Waals surface area contributed by atoms with E-state index in [1.807, 2.05) is 6.92 Å². The molecule has 0 aromatic rings. The molecule has 3 heterocycles. The summed E-state index contributed by atoms with van der Waals surface area (Å²) >= 11 is 0. The maximum atomic E-state index is 12.5. The lowest BCUT2D eigenvalue weighted by molar-refractivity contribution is -0.396.